The number of nitrogens with one attached hydrogen (secondary N) is 1. The van der Waals surface area contributed by atoms with Gasteiger partial charge in [-0.3, -0.25) is 0 Å². The zero-order valence-corrected chi connectivity index (χ0v) is 24.0. The molecule has 0 fully saturated rings. The summed E-state index contributed by atoms with van der Waals surface area (Å²) in [5.41, 5.74) is 9.14. The summed E-state index contributed by atoms with van der Waals surface area (Å²) in [5, 5.41) is 4.08. The van der Waals surface area contributed by atoms with Crippen LogP contribution in [0.4, 0.5) is 11.4 Å². The van der Waals surface area contributed by atoms with E-state index in [0.29, 0.717) is 10.8 Å². The molecular formula is C34H38ClNO. The van der Waals surface area contributed by atoms with Gasteiger partial charge in [0.2, 0.25) is 0 Å². The maximum atomic E-state index is 6.95. The molecule has 0 atom stereocenters. The predicted molar refractivity (Wildman–Crippen MR) is 160 cm³/mol. The van der Waals surface area contributed by atoms with Gasteiger partial charge in [-0.15, -0.1) is 0 Å². The first-order valence-corrected chi connectivity index (χ1v) is 13.3. The van der Waals surface area contributed by atoms with E-state index in [1.54, 1.807) is 0 Å². The Morgan fingerprint density at radius 1 is 0.622 bits per heavy atom. The second kappa shape index (κ2) is 10.3. The molecule has 0 aliphatic heterocycles. The van der Waals surface area contributed by atoms with Gasteiger partial charge in [0.15, 0.2) is 0 Å². The highest BCUT2D eigenvalue weighted by Crippen LogP contribution is 2.41. The van der Waals surface area contributed by atoms with Crippen LogP contribution in [0.5, 0.6) is 11.5 Å². The van der Waals surface area contributed by atoms with Crippen molar-refractivity contribution in [2.45, 2.75) is 66.2 Å². The lowest BCUT2D eigenvalue weighted by Gasteiger charge is -2.20. The van der Waals surface area contributed by atoms with E-state index < -0.39 is 0 Å². The topological polar surface area (TPSA) is 21.3 Å². The van der Waals surface area contributed by atoms with Crippen molar-refractivity contribution in [3.05, 3.63) is 106 Å². The molecule has 4 rings (SSSR count). The van der Waals surface area contributed by atoms with Gasteiger partial charge in [0.1, 0.15) is 16.5 Å². The third-order valence-corrected chi connectivity index (χ3v) is 6.96. The molecule has 0 aliphatic carbocycles. The van der Waals surface area contributed by atoms with Gasteiger partial charge in [0.05, 0.1) is 5.69 Å². The van der Waals surface area contributed by atoms with E-state index in [1.807, 2.05) is 18.2 Å². The number of ether oxygens (including phenoxy) is 1. The van der Waals surface area contributed by atoms with Crippen LogP contribution in [-0.4, -0.2) is 0 Å². The molecule has 0 aromatic heterocycles. The highest BCUT2D eigenvalue weighted by Gasteiger charge is 2.17. The van der Waals surface area contributed by atoms with E-state index in [1.165, 1.54) is 22.3 Å². The fraction of sp³-hybridized carbons (Fsp3) is 0.294. The standard InChI is InChI=1S/C34H38ClNO/c1-22-17-23(2)19-24(18-22)25-20-30(36-28-13-9-26(10-14-28)33(3,4)5)32(35)31(21-25)37-29-15-11-27(12-16-29)34(6,7)8/h9-21,36H,1-8H3. The Bertz CT molecular complexity index is 1290. The smallest absolute Gasteiger partial charge is 0.148 e. The Kier molecular flexibility index (Phi) is 7.44. The maximum Gasteiger partial charge on any atom is 0.148 e. The van der Waals surface area contributed by atoms with Crippen LogP contribution in [0.2, 0.25) is 5.02 Å². The molecule has 0 radical (unpaired) electrons. The lowest BCUT2D eigenvalue weighted by atomic mass is 9.87. The summed E-state index contributed by atoms with van der Waals surface area (Å²) in [6, 6.07) is 27.5. The van der Waals surface area contributed by atoms with E-state index in [4.69, 9.17) is 16.3 Å². The van der Waals surface area contributed by atoms with Crippen molar-refractivity contribution in [3.63, 3.8) is 0 Å². The molecule has 0 bridgehead atoms. The Labute approximate surface area is 227 Å². The van der Waals surface area contributed by atoms with Crippen molar-refractivity contribution in [3.8, 4) is 22.6 Å². The normalized spacial score (nSPS) is 11.9. The van der Waals surface area contributed by atoms with Crippen LogP contribution >= 0.6 is 11.6 Å². The highest BCUT2D eigenvalue weighted by atomic mass is 35.5. The van der Waals surface area contributed by atoms with Crippen LogP contribution in [0, 0.1) is 13.8 Å². The second-order valence-corrected chi connectivity index (χ2v) is 12.4. The van der Waals surface area contributed by atoms with Crippen LogP contribution in [0.3, 0.4) is 0 Å². The maximum absolute atomic E-state index is 6.95. The minimum Gasteiger partial charge on any atom is -0.456 e. The number of halogens is 1. The number of benzene rings is 4. The lowest BCUT2D eigenvalue weighted by molar-refractivity contribution is 0.482. The van der Waals surface area contributed by atoms with E-state index in [0.717, 1.165) is 28.3 Å². The molecule has 2 nitrogen and oxygen atoms in total. The summed E-state index contributed by atoms with van der Waals surface area (Å²) in [7, 11) is 0. The van der Waals surface area contributed by atoms with E-state index in [2.05, 4.69) is 121 Å². The number of rotatable bonds is 5. The van der Waals surface area contributed by atoms with Gasteiger partial charge in [-0.1, -0.05) is 107 Å². The first-order chi connectivity index (χ1) is 17.3. The number of hydrogen-bond donors (Lipinski definition) is 1. The quantitative estimate of drug-likeness (QED) is 0.287. The minimum atomic E-state index is 0.0821. The van der Waals surface area contributed by atoms with Crippen molar-refractivity contribution in [1.82, 2.24) is 0 Å². The molecule has 4 aromatic rings. The summed E-state index contributed by atoms with van der Waals surface area (Å²) in [4.78, 5) is 0. The van der Waals surface area contributed by atoms with Gasteiger partial charge in [-0.2, -0.15) is 0 Å². The summed E-state index contributed by atoms with van der Waals surface area (Å²) >= 11 is 6.95. The number of aryl methyl sites for hydroxylation is 2. The van der Waals surface area contributed by atoms with Crippen molar-refractivity contribution < 1.29 is 4.74 Å². The first-order valence-electron chi connectivity index (χ1n) is 12.9. The summed E-state index contributed by atoms with van der Waals surface area (Å²) < 4.78 is 6.37. The fourth-order valence-electron chi connectivity index (χ4n) is 4.43. The van der Waals surface area contributed by atoms with Crippen molar-refractivity contribution in [1.29, 1.82) is 0 Å². The Morgan fingerprint density at radius 3 is 1.62 bits per heavy atom. The van der Waals surface area contributed by atoms with Gasteiger partial charge < -0.3 is 10.1 Å². The van der Waals surface area contributed by atoms with E-state index >= 15 is 0 Å². The summed E-state index contributed by atoms with van der Waals surface area (Å²) in [6.45, 7) is 17.5. The third-order valence-electron chi connectivity index (χ3n) is 6.57. The van der Waals surface area contributed by atoms with Crippen molar-refractivity contribution >= 4 is 23.0 Å². The molecule has 0 saturated carbocycles. The molecule has 0 aliphatic rings. The molecule has 0 spiro atoms. The Balaban J connectivity index is 1.75. The average molecular weight is 512 g/mol. The summed E-state index contributed by atoms with van der Waals surface area (Å²) in [6.07, 6.45) is 0. The minimum absolute atomic E-state index is 0.0821. The van der Waals surface area contributed by atoms with Gasteiger partial charge in [0.25, 0.3) is 0 Å². The van der Waals surface area contributed by atoms with Crippen LogP contribution in [0.1, 0.15) is 63.8 Å². The van der Waals surface area contributed by atoms with Crippen LogP contribution < -0.4 is 10.1 Å². The molecular weight excluding hydrogens is 474 g/mol. The SMILES string of the molecule is Cc1cc(C)cc(-c2cc(Nc3ccc(C(C)(C)C)cc3)c(Cl)c(Oc3ccc(C(C)(C)C)cc3)c2)c1. The zero-order valence-electron chi connectivity index (χ0n) is 23.3. The third kappa shape index (κ3) is 6.56. The van der Waals surface area contributed by atoms with Gasteiger partial charge in [-0.05, 0) is 83.3 Å². The molecule has 4 aromatic carbocycles. The van der Waals surface area contributed by atoms with Crippen LogP contribution in [0.25, 0.3) is 11.1 Å². The first kappa shape index (κ1) is 26.8. The lowest BCUT2D eigenvalue weighted by Crippen LogP contribution is -2.10. The largest absolute Gasteiger partial charge is 0.456 e. The second-order valence-electron chi connectivity index (χ2n) is 12.0. The van der Waals surface area contributed by atoms with E-state index in [-0.39, 0.29) is 10.8 Å². The molecule has 1 N–H and O–H groups in total. The molecule has 0 amide bonds. The Hall–Kier alpha value is -3.23. The molecule has 192 valence electrons. The van der Waals surface area contributed by atoms with Crippen molar-refractivity contribution in [2.75, 3.05) is 5.32 Å². The predicted octanol–water partition coefficient (Wildman–Crippen LogP) is 10.8. The molecule has 0 saturated heterocycles. The van der Waals surface area contributed by atoms with Gasteiger partial charge in [-0.25, -0.2) is 0 Å². The number of anilines is 2. The van der Waals surface area contributed by atoms with E-state index in [9.17, 15) is 0 Å². The number of hydrogen-bond acceptors (Lipinski definition) is 2. The Morgan fingerprint density at radius 2 is 1.11 bits per heavy atom. The average Bonchev–Trinajstić information content (AvgIpc) is 2.80. The summed E-state index contributed by atoms with van der Waals surface area (Å²) in [5.74, 6) is 1.38. The zero-order chi connectivity index (χ0) is 27.0. The molecule has 0 unspecified atom stereocenters. The molecule has 3 heteroatoms. The molecule has 0 heterocycles. The van der Waals surface area contributed by atoms with Gasteiger partial charge in [0, 0.05) is 5.69 Å². The van der Waals surface area contributed by atoms with Crippen LogP contribution in [0.15, 0.2) is 78.9 Å². The monoisotopic (exact) mass is 511 g/mol. The molecule has 37 heavy (non-hydrogen) atoms. The van der Waals surface area contributed by atoms with Crippen LogP contribution in [-0.2, 0) is 10.8 Å². The van der Waals surface area contributed by atoms with Crippen molar-refractivity contribution in [2.24, 2.45) is 0 Å². The fourth-order valence-corrected chi connectivity index (χ4v) is 4.63. The van der Waals surface area contributed by atoms with Gasteiger partial charge >= 0.3 is 0 Å². The highest BCUT2D eigenvalue weighted by molar-refractivity contribution is 6.35.